The Balaban J connectivity index is 1.31. The SMILES string of the molecule is CC(NC(=O)NCCCN1CCN(c2ncccn2)CC1)c1ccccc1Cl. The van der Waals surface area contributed by atoms with Gasteiger partial charge in [-0.15, -0.1) is 0 Å². The van der Waals surface area contributed by atoms with Crippen LogP contribution in [0.25, 0.3) is 0 Å². The van der Waals surface area contributed by atoms with E-state index in [-0.39, 0.29) is 12.1 Å². The van der Waals surface area contributed by atoms with Gasteiger partial charge in [0, 0.05) is 50.1 Å². The van der Waals surface area contributed by atoms with Gasteiger partial charge in [0.25, 0.3) is 0 Å². The van der Waals surface area contributed by atoms with E-state index in [1.54, 1.807) is 12.4 Å². The van der Waals surface area contributed by atoms with Crippen LogP contribution in [0.2, 0.25) is 5.02 Å². The van der Waals surface area contributed by atoms with Gasteiger partial charge < -0.3 is 15.5 Å². The molecule has 1 aliphatic heterocycles. The van der Waals surface area contributed by atoms with E-state index < -0.39 is 0 Å². The van der Waals surface area contributed by atoms with E-state index in [0.717, 1.165) is 50.7 Å². The summed E-state index contributed by atoms with van der Waals surface area (Å²) in [5, 5.41) is 6.52. The second kappa shape index (κ2) is 10.2. The molecule has 0 bridgehead atoms. The molecule has 2 aromatic rings. The highest BCUT2D eigenvalue weighted by Gasteiger charge is 2.18. The first-order chi connectivity index (χ1) is 13.6. The van der Waals surface area contributed by atoms with Crippen molar-refractivity contribution >= 4 is 23.6 Å². The van der Waals surface area contributed by atoms with Gasteiger partial charge in [-0.05, 0) is 37.6 Å². The molecule has 8 heteroatoms. The van der Waals surface area contributed by atoms with Crippen molar-refractivity contribution in [2.45, 2.75) is 19.4 Å². The largest absolute Gasteiger partial charge is 0.338 e. The Morgan fingerprint density at radius 1 is 1.14 bits per heavy atom. The molecule has 0 spiro atoms. The average Bonchev–Trinajstić information content (AvgIpc) is 2.72. The lowest BCUT2D eigenvalue weighted by Gasteiger charge is -2.34. The zero-order valence-corrected chi connectivity index (χ0v) is 16.9. The molecule has 1 fully saturated rings. The van der Waals surface area contributed by atoms with E-state index in [1.165, 1.54) is 0 Å². The van der Waals surface area contributed by atoms with Crippen LogP contribution in [-0.4, -0.2) is 60.2 Å². The second-order valence-corrected chi connectivity index (χ2v) is 7.28. The topological polar surface area (TPSA) is 73.4 Å². The van der Waals surface area contributed by atoms with Crippen LogP contribution in [0.5, 0.6) is 0 Å². The van der Waals surface area contributed by atoms with E-state index >= 15 is 0 Å². The fourth-order valence-corrected chi connectivity index (χ4v) is 3.58. The first kappa shape index (κ1) is 20.4. The molecular weight excluding hydrogens is 376 g/mol. The smallest absolute Gasteiger partial charge is 0.315 e. The lowest BCUT2D eigenvalue weighted by Crippen LogP contribution is -2.47. The lowest BCUT2D eigenvalue weighted by atomic mass is 10.1. The third-order valence-corrected chi connectivity index (χ3v) is 5.21. The molecule has 28 heavy (non-hydrogen) atoms. The monoisotopic (exact) mass is 402 g/mol. The molecule has 2 amide bonds. The van der Waals surface area contributed by atoms with Gasteiger partial charge in [0.1, 0.15) is 0 Å². The van der Waals surface area contributed by atoms with E-state index in [9.17, 15) is 4.79 Å². The first-order valence-corrected chi connectivity index (χ1v) is 10.0. The summed E-state index contributed by atoms with van der Waals surface area (Å²) >= 11 is 6.18. The van der Waals surface area contributed by atoms with E-state index in [1.807, 2.05) is 37.3 Å². The Morgan fingerprint density at radius 3 is 2.57 bits per heavy atom. The number of urea groups is 1. The molecule has 1 aromatic carbocycles. The van der Waals surface area contributed by atoms with Gasteiger partial charge in [0.05, 0.1) is 6.04 Å². The molecule has 2 heterocycles. The molecule has 0 radical (unpaired) electrons. The van der Waals surface area contributed by atoms with Gasteiger partial charge in [-0.2, -0.15) is 0 Å². The van der Waals surface area contributed by atoms with Crippen molar-refractivity contribution in [2.75, 3.05) is 44.2 Å². The van der Waals surface area contributed by atoms with Crippen molar-refractivity contribution in [1.29, 1.82) is 0 Å². The number of rotatable bonds is 7. The molecule has 0 saturated carbocycles. The van der Waals surface area contributed by atoms with Gasteiger partial charge in [-0.1, -0.05) is 29.8 Å². The predicted octanol–water partition coefficient (Wildman–Crippen LogP) is 2.70. The number of anilines is 1. The number of piperazine rings is 1. The minimum atomic E-state index is -0.168. The molecule has 1 saturated heterocycles. The standard InChI is InChI=1S/C20H27ClN6O/c1-16(17-6-2-3-7-18(17)21)25-20(28)24-10-5-11-26-12-14-27(15-13-26)19-22-8-4-9-23-19/h2-4,6-9,16H,5,10-15H2,1H3,(H2,24,25,28). The van der Waals surface area contributed by atoms with Gasteiger partial charge >= 0.3 is 6.03 Å². The Kier molecular flexibility index (Phi) is 7.45. The molecule has 1 unspecified atom stereocenters. The summed E-state index contributed by atoms with van der Waals surface area (Å²) in [4.78, 5) is 25.3. The summed E-state index contributed by atoms with van der Waals surface area (Å²) < 4.78 is 0. The first-order valence-electron chi connectivity index (χ1n) is 9.66. The third kappa shape index (κ3) is 5.81. The summed E-state index contributed by atoms with van der Waals surface area (Å²) in [5.41, 5.74) is 0.916. The number of amides is 2. The van der Waals surface area contributed by atoms with Crippen molar-refractivity contribution in [3.05, 3.63) is 53.3 Å². The number of nitrogens with one attached hydrogen (secondary N) is 2. The average molecular weight is 403 g/mol. The highest BCUT2D eigenvalue weighted by molar-refractivity contribution is 6.31. The van der Waals surface area contributed by atoms with Crippen molar-refractivity contribution in [3.63, 3.8) is 0 Å². The Morgan fingerprint density at radius 2 is 1.86 bits per heavy atom. The van der Waals surface area contributed by atoms with E-state index in [2.05, 4.69) is 30.4 Å². The third-order valence-electron chi connectivity index (χ3n) is 4.86. The Hall–Kier alpha value is -2.38. The van der Waals surface area contributed by atoms with Crippen LogP contribution in [0, 0.1) is 0 Å². The molecule has 1 atom stereocenters. The summed E-state index contributed by atoms with van der Waals surface area (Å²) in [6.07, 6.45) is 4.46. The maximum atomic E-state index is 12.1. The molecular formula is C20H27ClN6O. The fraction of sp³-hybridized carbons (Fsp3) is 0.450. The quantitative estimate of drug-likeness (QED) is 0.696. The molecule has 1 aliphatic rings. The van der Waals surface area contributed by atoms with Crippen LogP contribution < -0.4 is 15.5 Å². The predicted molar refractivity (Wildman–Crippen MR) is 112 cm³/mol. The molecule has 7 nitrogen and oxygen atoms in total. The zero-order chi connectivity index (χ0) is 19.8. The maximum absolute atomic E-state index is 12.1. The maximum Gasteiger partial charge on any atom is 0.315 e. The van der Waals surface area contributed by atoms with Gasteiger partial charge in [-0.3, -0.25) is 4.90 Å². The normalized spacial score (nSPS) is 15.9. The van der Waals surface area contributed by atoms with Crippen molar-refractivity contribution < 1.29 is 4.79 Å². The highest BCUT2D eigenvalue weighted by Crippen LogP contribution is 2.21. The molecule has 1 aromatic heterocycles. The number of carbonyl (C=O) groups is 1. The Bertz CT molecular complexity index is 751. The lowest BCUT2D eigenvalue weighted by molar-refractivity contribution is 0.233. The molecule has 2 N–H and O–H groups in total. The minimum absolute atomic E-state index is 0.137. The van der Waals surface area contributed by atoms with Crippen LogP contribution in [0.15, 0.2) is 42.7 Å². The summed E-state index contributed by atoms with van der Waals surface area (Å²) in [7, 11) is 0. The number of halogens is 1. The zero-order valence-electron chi connectivity index (χ0n) is 16.1. The van der Waals surface area contributed by atoms with E-state index in [4.69, 9.17) is 11.6 Å². The number of hydrogen-bond donors (Lipinski definition) is 2. The number of benzene rings is 1. The van der Waals surface area contributed by atoms with Crippen molar-refractivity contribution in [2.24, 2.45) is 0 Å². The van der Waals surface area contributed by atoms with Gasteiger partial charge in [0.15, 0.2) is 0 Å². The van der Waals surface area contributed by atoms with Gasteiger partial charge in [0.2, 0.25) is 5.95 Å². The second-order valence-electron chi connectivity index (χ2n) is 6.87. The van der Waals surface area contributed by atoms with Crippen LogP contribution >= 0.6 is 11.6 Å². The summed E-state index contributed by atoms with van der Waals surface area (Å²) in [6.45, 7) is 7.34. The molecule has 0 aliphatic carbocycles. The minimum Gasteiger partial charge on any atom is -0.338 e. The summed E-state index contributed by atoms with van der Waals surface area (Å²) in [6, 6.07) is 9.08. The van der Waals surface area contributed by atoms with Crippen LogP contribution in [-0.2, 0) is 0 Å². The highest BCUT2D eigenvalue weighted by atomic mass is 35.5. The number of nitrogens with zero attached hydrogens (tertiary/aromatic N) is 4. The number of aromatic nitrogens is 2. The number of carbonyl (C=O) groups excluding carboxylic acids is 1. The van der Waals surface area contributed by atoms with Gasteiger partial charge in [-0.25, -0.2) is 14.8 Å². The number of hydrogen-bond acceptors (Lipinski definition) is 5. The summed E-state index contributed by atoms with van der Waals surface area (Å²) in [5.74, 6) is 0.799. The van der Waals surface area contributed by atoms with Crippen molar-refractivity contribution in [3.8, 4) is 0 Å². The molecule has 3 rings (SSSR count). The van der Waals surface area contributed by atoms with Crippen LogP contribution in [0.1, 0.15) is 24.9 Å². The van der Waals surface area contributed by atoms with Crippen molar-refractivity contribution in [1.82, 2.24) is 25.5 Å². The fourth-order valence-electron chi connectivity index (χ4n) is 3.28. The van der Waals surface area contributed by atoms with E-state index in [0.29, 0.717) is 11.6 Å². The molecule has 150 valence electrons. The van der Waals surface area contributed by atoms with Crippen LogP contribution in [0.4, 0.5) is 10.7 Å². The Labute approximate surface area is 171 Å². The van der Waals surface area contributed by atoms with Crippen LogP contribution in [0.3, 0.4) is 0 Å².